The maximum Gasteiger partial charge on any atom is 0.277 e. The van der Waals surface area contributed by atoms with Gasteiger partial charge in [-0.15, -0.1) is 10.2 Å². The van der Waals surface area contributed by atoms with Crippen LogP contribution in [-0.4, -0.2) is 27.4 Å². The highest BCUT2D eigenvalue weighted by atomic mass is 79.9. The molecule has 1 aromatic carbocycles. The Balaban J connectivity index is 1.65. The van der Waals surface area contributed by atoms with Crippen molar-refractivity contribution < 1.29 is 9.21 Å². The third kappa shape index (κ3) is 3.85. The number of carbonyl (C=O) groups is 1. The monoisotopic (exact) mass is 367 g/mol. The van der Waals surface area contributed by atoms with Crippen LogP contribution in [0.1, 0.15) is 19.8 Å². The van der Waals surface area contributed by atoms with Crippen LogP contribution in [0.25, 0.3) is 11.5 Å². The average molecular weight is 368 g/mol. The molecular formula is C14H14BrN3O2S. The van der Waals surface area contributed by atoms with E-state index in [2.05, 4.69) is 31.4 Å². The molecular weight excluding hydrogens is 354 g/mol. The van der Waals surface area contributed by atoms with Gasteiger partial charge in [0.05, 0.1) is 5.25 Å². The lowest BCUT2D eigenvalue weighted by Gasteiger charge is -2.08. The summed E-state index contributed by atoms with van der Waals surface area (Å²) >= 11 is 4.68. The number of thioether (sulfide) groups is 1. The van der Waals surface area contributed by atoms with Crippen LogP contribution in [-0.2, 0) is 4.79 Å². The smallest absolute Gasteiger partial charge is 0.277 e. The van der Waals surface area contributed by atoms with Gasteiger partial charge in [-0.2, -0.15) is 0 Å². The molecule has 7 heteroatoms. The Bertz CT molecular complexity index is 657. The van der Waals surface area contributed by atoms with E-state index in [4.69, 9.17) is 4.42 Å². The number of rotatable bonds is 5. The molecule has 3 rings (SSSR count). The van der Waals surface area contributed by atoms with E-state index < -0.39 is 0 Å². The minimum atomic E-state index is -0.249. The number of halogens is 1. The Hall–Kier alpha value is -1.34. The molecule has 0 saturated heterocycles. The number of nitrogens with one attached hydrogen (secondary N) is 1. The van der Waals surface area contributed by atoms with Gasteiger partial charge in [-0.3, -0.25) is 4.79 Å². The van der Waals surface area contributed by atoms with Crippen molar-refractivity contribution in [3.05, 3.63) is 28.7 Å². The molecule has 1 aromatic heterocycles. The maximum atomic E-state index is 11.9. The molecule has 1 N–H and O–H groups in total. The SMILES string of the molecule is C[C@H](Sc1nnc(-c2cccc(Br)c2)o1)C(=O)NC1CC1. The number of aromatic nitrogens is 2. The fourth-order valence-corrected chi connectivity index (χ4v) is 2.84. The number of hydrogen-bond acceptors (Lipinski definition) is 5. The summed E-state index contributed by atoms with van der Waals surface area (Å²) in [6, 6.07) is 8.00. The van der Waals surface area contributed by atoms with Crippen molar-refractivity contribution in [1.29, 1.82) is 0 Å². The van der Waals surface area contributed by atoms with Crippen molar-refractivity contribution >= 4 is 33.6 Å². The maximum absolute atomic E-state index is 11.9. The lowest BCUT2D eigenvalue weighted by molar-refractivity contribution is -0.120. The second kappa shape index (κ2) is 6.19. The van der Waals surface area contributed by atoms with Crippen LogP contribution >= 0.6 is 27.7 Å². The van der Waals surface area contributed by atoms with Crippen LogP contribution < -0.4 is 5.32 Å². The third-order valence-corrected chi connectivity index (χ3v) is 4.48. The Morgan fingerprint density at radius 3 is 3.00 bits per heavy atom. The fraction of sp³-hybridized carbons (Fsp3) is 0.357. The van der Waals surface area contributed by atoms with Gasteiger partial charge in [-0.05, 0) is 38.0 Å². The summed E-state index contributed by atoms with van der Waals surface area (Å²) in [6.07, 6.45) is 2.16. The zero-order valence-corrected chi connectivity index (χ0v) is 13.8. The molecule has 1 atom stereocenters. The predicted molar refractivity (Wildman–Crippen MR) is 83.9 cm³/mol. The van der Waals surface area contributed by atoms with Gasteiger partial charge in [-0.25, -0.2) is 0 Å². The van der Waals surface area contributed by atoms with Crippen LogP contribution in [0.5, 0.6) is 0 Å². The molecule has 1 aliphatic carbocycles. The lowest BCUT2D eigenvalue weighted by atomic mass is 10.2. The van der Waals surface area contributed by atoms with Crippen molar-refractivity contribution in [2.45, 2.75) is 36.3 Å². The predicted octanol–water partition coefficient (Wildman–Crippen LogP) is 3.26. The summed E-state index contributed by atoms with van der Waals surface area (Å²) in [7, 11) is 0. The second-order valence-electron chi connectivity index (χ2n) is 4.93. The largest absolute Gasteiger partial charge is 0.411 e. The van der Waals surface area contributed by atoms with E-state index in [1.54, 1.807) is 0 Å². The summed E-state index contributed by atoms with van der Waals surface area (Å²) < 4.78 is 6.55. The Labute approximate surface area is 135 Å². The van der Waals surface area contributed by atoms with Gasteiger partial charge in [0.25, 0.3) is 5.22 Å². The standard InChI is InChI=1S/C14H14BrN3O2S/c1-8(12(19)16-11-5-6-11)21-14-18-17-13(20-14)9-3-2-4-10(15)7-9/h2-4,7-8,11H,5-6H2,1H3,(H,16,19)/t8-/m0/s1. The highest BCUT2D eigenvalue weighted by Gasteiger charge is 2.27. The van der Waals surface area contributed by atoms with Crippen molar-refractivity contribution in [1.82, 2.24) is 15.5 Å². The van der Waals surface area contributed by atoms with E-state index in [1.807, 2.05) is 31.2 Å². The van der Waals surface area contributed by atoms with E-state index in [0.29, 0.717) is 17.2 Å². The number of benzene rings is 1. The molecule has 0 bridgehead atoms. The van der Waals surface area contributed by atoms with Crippen molar-refractivity contribution in [3.63, 3.8) is 0 Å². The molecule has 110 valence electrons. The molecule has 1 saturated carbocycles. The van der Waals surface area contributed by atoms with Gasteiger partial charge in [0, 0.05) is 16.1 Å². The number of carbonyl (C=O) groups excluding carboxylic acids is 1. The van der Waals surface area contributed by atoms with Gasteiger partial charge in [0.2, 0.25) is 11.8 Å². The highest BCUT2D eigenvalue weighted by molar-refractivity contribution is 9.10. The van der Waals surface area contributed by atoms with Gasteiger partial charge < -0.3 is 9.73 Å². The van der Waals surface area contributed by atoms with E-state index in [-0.39, 0.29) is 11.2 Å². The summed E-state index contributed by atoms with van der Waals surface area (Å²) in [5.41, 5.74) is 0.846. The third-order valence-electron chi connectivity index (χ3n) is 3.05. The number of amides is 1. The molecule has 21 heavy (non-hydrogen) atoms. The summed E-state index contributed by atoms with van der Waals surface area (Å²) in [6.45, 7) is 1.84. The van der Waals surface area contributed by atoms with Crippen LogP contribution in [0.2, 0.25) is 0 Å². The Morgan fingerprint density at radius 2 is 2.29 bits per heavy atom. The summed E-state index contributed by atoms with van der Waals surface area (Å²) in [5, 5.41) is 11.1. The highest BCUT2D eigenvalue weighted by Crippen LogP contribution is 2.28. The van der Waals surface area contributed by atoms with Gasteiger partial charge in [0.15, 0.2) is 0 Å². The molecule has 0 unspecified atom stereocenters. The molecule has 1 heterocycles. The van der Waals surface area contributed by atoms with E-state index in [1.165, 1.54) is 11.8 Å². The normalized spacial score (nSPS) is 15.7. The van der Waals surface area contributed by atoms with Crippen LogP contribution in [0.3, 0.4) is 0 Å². The second-order valence-corrected chi connectivity index (χ2v) is 7.13. The minimum absolute atomic E-state index is 0.0182. The first-order valence-electron chi connectivity index (χ1n) is 6.68. The first kappa shape index (κ1) is 14.6. The molecule has 5 nitrogen and oxygen atoms in total. The molecule has 1 amide bonds. The van der Waals surface area contributed by atoms with E-state index in [9.17, 15) is 4.79 Å². The van der Waals surface area contributed by atoms with E-state index >= 15 is 0 Å². The fourth-order valence-electron chi connectivity index (χ4n) is 1.75. The minimum Gasteiger partial charge on any atom is -0.411 e. The first-order valence-corrected chi connectivity index (χ1v) is 8.35. The van der Waals surface area contributed by atoms with Crippen LogP contribution in [0.4, 0.5) is 0 Å². The van der Waals surface area contributed by atoms with Crippen molar-refractivity contribution in [3.8, 4) is 11.5 Å². The van der Waals surface area contributed by atoms with Gasteiger partial charge in [-0.1, -0.05) is 33.8 Å². The topological polar surface area (TPSA) is 68.0 Å². The molecule has 2 aromatic rings. The molecule has 1 aliphatic rings. The lowest BCUT2D eigenvalue weighted by Crippen LogP contribution is -2.32. The molecule has 0 aliphatic heterocycles. The van der Waals surface area contributed by atoms with Gasteiger partial charge >= 0.3 is 0 Å². The zero-order chi connectivity index (χ0) is 14.8. The number of nitrogens with zero attached hydrogens (tertiary/aromatic N) is 2. The average Bonchev–Trinajstić information content (AvgIpc) is 3.14. The Kier molecular flexibility index (Phi) is 4.30. The number of hydrogen-bond donors (Lipinski definition) is 1. The van der Waals surface area contributed by atoms with Gasteiger partial charge in [0.1, 0.15) is 0 Å². The Morgan fingerprint density at radius 1 is 1.48 bits per heavy atom. The summed E-state index contributed by atoms with van der Waals surface area (Å²) in [4.78, 5) is 11.9. The van der Waals surface area contributed by atoms with Crippen LogP contribution in [0.15, 0.2) is 38.4 Å². The molecule has 0 spiro atoms. The molecule has 1 fully saturated rings. The zero-order valence-electron chi connectivity index (χ0n) is 11.4. The summed E-state index contributed by atoms with van der Waals surface area (Å²) in [5.74, 6) is 0.471. The van der Waals surface area contributed by atoms with Crippen molar-refractivity contribution in [2.24, 2.45) is 0 Å². The first-order chi connectivity index (χ1) is 10.1. The molecule has 0 radical (unpaired) electrons. The quantitative estimate of drug-likeness (QED) is 0.821. The van der Waals surface area contributed by atoms with Crippen LogP contribution in [0, 0.1) is 0 Å². The van der Waals surface area contributed by atoms with E-state index in [0.717, 1.165) is 22.9 Å². The van der Waals surface area contributed by atoms with Crippen molar-refractivity contribution in [2.75, 3.05) is 0 Å².